The molecule has 0 unspecified atom stereocenters. The minimum atomic E-state index is -1.07. The van der Waals surface area contributed by atoms with Crippen molar-refractivity contribution in [1.29, 1.82) is 0 Å². The molecule has 1 amide bonds. The van der Waals surface area contributed by atoms with Crippen LogP contribution in [0.4, 0.5) is 5.69 Å². The molecule has 0 bridgehead atoms. The van der Waals surface area contributed by atoms with Crippen LogP contribution in [0.25, 0.3) is 0 Å². The van der Waals surface area contributed by atoms with E-state index in [0.717, 1.165) is 5.56 Å². The molecule has 0 aliphatic carbocycles. The number of nitrogens with two attached hydrogens (primary N) is 1. The molecule has 0 aliphatic rings. The molecule has 0 fully saturated rings. The largest absolute Gasteiger partial charge is 0.467 e. The van der Waals surface area contributed by atoms with E-state index in [4.69, 9.17) is 5.73 Å². The van der Waals surface area contributed by atoms with Gasteiger partial charge in [0.15, 0.2) is 0 Å². The number of amides is 1. The number of nitrogen functional groups attached to an aromatic ring is 1. The van der Waals surface area contributed by atoms with Crippen LogP contribution in [0, 0.1) is 6.92 Å². The van der Waals surface area contributed by atoms with Crippen molar-refractivity contribution in [3.05, 3.63) is 29.3 Å². The molecule has 1 aromatic carbocycles. The summed E-state index contributed by atoms with van der Waals surface area (Å²) in [5.41, 5.74) is 6.51. The maximum absolute atomic E-state index is 12.0. The highest BCUT2D eigenvalue weighted by molar-refractivity contribution is 5.98. The first-order chi connectivity index (χ1) is 8.27. The molecule has 0 aromatic heterocycles. The Labute approximate surface area is 106 Å². The fourth-order valence-electron chi connectivity index (χ4n) is 1.48. The number of hydrogen-bond acceptors (Lipinski definition) is 4. The molecule has 1 rings (SSSR count). The van der Waals surface area contributed by atoms with E-state index in [2.05, 4.69) is 10.1 Å². The van der Waals surface area contributed by atoms with Crippen LogP contribution in [0.5, 0.6) is 0 Å². The van der Waals surface area contributed by atoms with Crippen LogP contribution < -0.4 is 11.1 Å². The maximum Gasteiger partial charge on any atom is 0.330 e. The first kappa shape index (κ1) is 14.0. The molecule has 5 heteroatoms. The number of aryl methyl sites for hydroxylation is 1. The molecule has 0 spiro atoms. The maximum atomic E-state index is 12.0. The SMILES string of the molecule is COC(=O)C(C)(C)NC(=O)c1ccc(N)c(C)c1. The third-order valence-corrected chi connectivity index (χ3v) is 2.65. The van der Waals surface area contributed by atoms with Gasteiger partial charge >= 0.3 is 5.97 Å². The van der Waals surface area contributed by atoms with E-state index in [1.54, 1.807) is 32.0 Å². The monoisotopic (exact) mass is 250 g/mol. The number of rotatable bonds is 3. The second-order valence-electron chi connectivity index (χ2n) is 4.64. The van der Waals surface area contributed by atoms with Gasteiger partial charge < -0.3 is 15.8 Å². The van der Waals surface area contributed by atoms with Gasteiger partial charge in [-0.3, -0.25) is 4.79 Å². The quantitative estimate of drug-likeness (QED) is 0.625. The van der Waals surface area contributed by atoms with Gasteiger partial charge in [0.05, 0.1) is 7.11 Å². The van der Waals surface area contributed by atoms with E-state index < -0.39 is 11.5 Å². The van der Waals surface area contributed by atoms with E-state index in [0.29, 0.717) is 11.3 Å². The van der Waals surface area contributed by atoms with Crippen LogP contribution in [0.2, 0.25) is 0 Å². The van der Waals surface area contributed by atoms with Crippen molar-refractivity contribution < 1.29 is 14.3 Å². The number of benzene rings is 1. The van der Waals surface area contributed by atoms with Gasteiger partial charge in [-0.1, -0.05) is 0 Å². The summed E-state index contributed by atoms with van der Waals surface area (Å²) in [6.45, 7) is 4.99. The zero-order valence-electron chi connectivity index (χ0n) is 11.0. The summed E-state index contributed by atoms with van der Waals surface area (Å²) in [4.78, 5) is 23.4. The Morgan fingerprint density at radius 2 is 1.94 bits per heavy atom. The summed E-state index contributed by atoms with van der Waals surface area (Å²) in [6, 6.07) is 4.96. The number of ether oxygens (including phenoxy) is 1. The molecule has 0 saturated carbocycles. The Morgan fingerprint density at radius 3 is 2.44 bits per heavy atom. The summed E-state index contributed by atoms with van der Waals surface area (Å²) in [7, 11) is 1.28. The van der Waals surface area contributed by atoms with Gasteiger partial charge in [0.1, 0.15) is 5.54 Å². The molecular formula is C13H18N2O3. The first-order valence-electron chi connectivity index (χ1n) is 5.55. The van der Waals surface area contributed by atoms with Crippen LogP contribution in [0.3, 0.4) is 0 Å². The Morgan fingerprint density at radius 1 is 1.33 bits per heavy atom. The van der Waals surface area contributed by atoms with E-state index >= 15 is 0 Å². The third kappa shape index (κ3) is 3.00. The Balaban J connectivity index is 2.89. The second-order valence-corrected chi connectivity index (χ2v) is 4.64. The number of carbonyl (C=O) groups excluding carboxylic acids is 2. The zero-order valence-corrected chi connectivity index (χ0v) is 11.0. The highest BCUT2D eigenvalue weighted by Gasteiger charge is 2.30. The lowest BCUT2D eigenvalue weighted by atomic mass is 10.0. The lowest BCUT2D eigenvalue weighted by Crippen LogP contribution is -2.50. The summed E-state index contributed by atoms with van der Waals surface area (Å²) in [6.07, 6.45) is 0. The van der Waals surface area contributed by atoms with Gasteiger partial charge in [0, 0.05) is 11.3 Å². The number of anilines is 1. The van der Waals surface area contributed by atoms with Crippen molar-refractivity contribution >= 4 is 17.6 Å². The Kier molecular flexibility index (Phi) is 3.96. The fraction of sp³-hybridized carbons (Fsp3) is 0.385. The highest BCUT2D eigenvalue weighted by atomic mass is 16.5. The molecule has 0 saturated heterocycles. The summed E-state index contributed by atoms with van der Waals surface area (Å²) in [5, 5.41) is 2.62. The lowest BCUT2D eigenvalue weighted by Gasteiger charge is -2.23. The van der Waals surface area contributed by atoms with Crippen LogP contribution in [0.15, 0.2) is 18.2 Å². The molecule has 0 radical (unpaired) electrons. The van der Waals surface area contributed by atoms with Gasteiger partial charge in [-0.15, -0.1) is 0 Å². The molecule has 0 heterocycles. The molecule has 0 aliphatic heterocycles. The molecule has 3 N–H and O–H groups in total. The van der Waals surface area contributed by atoms with Crippen molar-refractivity contribution in [2.75, 3.05) is 12.8 Å². The topological polar surface area (TPSA) is 81.4 Å². The average molecular weight is 250 g/mol. The van der Waals surface area contributed by atoms with Crippen molar-refractivity contribution in [1.82, 2.24) is 5.32 Å². The predicted octanol–water partition coefficient (Wildman–Crippen LogP) is 1.26. The van der Waals surface area contributed by atoms with Gasteiger partial charge in [-0.25, -0.2) is 4.79 Å². The minimum Gasteiger partial charge on any atom is -0.467 e. The molecule has 98 valence electrons. The zero-order chi connectivity index (χ0) is 13.9. The van der Waals surface area contributed by atoms with Gasteiger partial charge in [-0.2, -0.15) is 0 Å². The normalized spacial score (nSPS) is 10.9. The van der Waals surface area contributed by atoms with E-state index in [1.807, 2.05) is 6.92 Å². The van der Waals surface area contributed by atoms with E-state index in [-0.39, 0.29) is 5.91 Å². The molecule has 5 nitrogen and oxygen atoms in total. The lowest BCUT2D eigenvalue weighted by molar-refractivity contribution is -0.146. The van der Waals surface area contributed by atoms with Crippen LogP contribution in [-0.2, 0) is 9.53 Å². The molecule has 1 aromatic rings. The van der Waals surface area contributed by atoms with Crippen molar-refractivity contribution in [2.45, 2.75) is 26.3 Å². The standard InChI is InChI=1S/C13H18N2O3/c1-8-7-9(5-6-10(8)14)11(16)15-13(2,3)12(17)18-4/h5-7H,14H2,1-4H3,(H,15,16). The molecule has 0 atom stereocenters. The van der Waals surface area contributed by atoms with E-state index in [9.17, 15) is 9.59 Å². The number of methoxy groups -OCH3 is 1. The average Bonchev–Trinajstić information content (AvgIpc) is 2.30. The van der Waals surface area contributed by atoms with Crippen LogP contribution in [-0.4, -0.2) is 24.5 Å². The number of hydrogen-bond donors (Lipinski definition) is 2. The van der Waals surface area contributed by atoms with Gasteiger partial charge in [0.2, 0.25) is 0 Å². The first-order valence-corrected chi connectivity index (χ1v) is 5.55. The number of esters is 1. The minimum absolute atomic E-state index is 0.339. The summed E-state index contributed by atoms with van der Waals surface area (Å²) < 4.78 is 4.62. The Bertz CT molecular complexity index is 481. The Hall–Kier alpha value is -2.04. The summed E-state index contributed by atoms with van der Waals surface area (Å²) in [5.74, 6) is -0.837. The molecule has 18 heavy (non-hydrogen) atoms. The third-order valence-electron chi connectivity index (χ3n) is 2.65. The smallest absolute Gasteiger partial charge is 0.330 e. The van der Waals surface area contributed by atoms with Crippen molar-refractivity contribution in [3.8, 4) is 0 Å². The number of nitrogens with one attached hydrogen (secondary N) is 1. The second kappa shape index (κ2) is 5.08. The fourth-order valence-corrected chi connectivity index (χ4v) is 1.48. The highest BCUT2D eigenvalue weighted by Crippen LogP contribution is 2.14. The van der Waals surface area contributed by atoms with Gasteiger partial charge in [-0.05, 0) is 44.5 Å². The number of carbonyl (C=O) groups is 2. The summed E-state index contributed by atoms with van der Waals surface area (Å²) >= 11 is 0. The van der Waals surface area contributed by atoms with Crippen LogP contribution in [0.1, 0.15) is 29.8 Å². The van der Waals surface area contributed by atoms with Crippen molar-refractivity contribution in [3.63, 3.8) is 0 Å². The van der Waals surface area contributed by atoms with Crippen molar-refractivity contribution in [2.24, 2.45) is 0 Å². The van der Waals surface area contributed by atoms with Crippen LogP contribution >= 0.6 is 0 Å². The van der Waals surface area contributed by atoms with E-state index in [1.165, 1.54) is 7.11 Å². The predicted molar refractivity (Wildman–Crippen MR) is 69.2 cm³/mol. The van der Waals surface area contributed by atoms with Gasteiger partial charge in [0.25, 0.3) is 5.91 Å². The molecular weight excluding hydrogens is 232 g/mol.